The molecular formula is C28H36N4O4S. The second-order valence-electron chi connectivity index (χ2n) is 10.6. The Hall–Kier alpha value is -2.91. The predicted octanol–water partition coefficient (Wildman–Crippen LogP) is 3.32. The Balaban J connectivity index is 1.47. The molecule has 2 atom stereocenters. The molecule has 2 aliphatic heterocycles. The number of piperazine rings is 1. The van der Waals surface area contributed by atoms with Gasteiger partial charge in [0.25, 0.3) is 5.91 Å². The number of amides is 2. The van der Waals surface area contributed by atoms with Gasteiger partial charge in [0, 0.05) is 54.2 Å². The maximum Gasteiger partial charge on any atom is 0.256 e. The van der Waals surface area contributed by atoms with E-state index in [0.29, 0.717) is 42.8 Å². The number of carbonyl (C=O) groups excluding carboxylic acids is 2. The van der Waals surface area contributed by atoms with Crippen LogP contribution < -0.4 is 10.6 Å². The first-order chi connectivity index (χ1) is 17.7. The van der Waals surface area contributed by atoms with Gasteiger partial charge in [-0.1, -0.05) is 6.92 Å². The molecule has 3 aliphatic rings. The minimum Gasteiger partial charge on any atom is -0.358 e. The minimum absolute atomic E-state index is 0.00162. The summed E-state index contributed by atoms with van der Waals surface area (Å²) < 4.78 is 25.0. The highest BCUT2D eigenvalue weighted by Crippen LogP contribution is 2.37. The second kappa shape index (κ2) is 10.1. The van der Waals surface area contributed by atoms with E-state index >= 15 is 0 Å². The molecule has 198 valence electrons. The van der Waals surface area contributed by atoms with Crippen LogP contribution in [0.1, 0.15) is 68.1 Å². The fraction of sp³-hybridized carbons (Fsp3) is 0.500. The standard InChI is InChI=1S/C28H36N4O4S/c1-4-37(35,36)19-9-11-25-22(13-19)23(28(34)31-25)14-26-21(20-7-5-6-8-24(20)30-26)10-12-27(33)32-15-17(2)29-18(3)16-32/h9,11,13-14,17-18,29-30H,4-8,10,12,15-16H2,1-3H3,(H,31,34). The van der Waals surface area contributed by atoms with Crippen molar-refractivity contribution in [3.63, 3.8) is 0 Å². The molecule has 1 aliphatic carbocycles. The third-order valence-electron chi connectivity index (χ3n) is 7.74. The molecule has 1 saturated heterocycles. The molecule has 1 fully saturated rings. The summed E-state index contributed by atoms with van der Waals surface area (Å²) in [4.78, 5) is 31.8. The number of anilines is 1. The van der Waals surface area contributed by atoms with E-state index in [1.54, 1.807) is 25.1 Å². The van der Waals surface area contributed by atoms with Crippen molar-refractivity contribution in [1.29, 1.82) is 0 Å². The van der Waals surface area contributed by atoms with Crippen LogP contribution in [0.25, 0.3) is 11.6 Å². The Labute approximate surface area is 218 Å². The molecule has 1 aromatic heterocycles. The van der Waals surface area contributed by atoms with Gasteiger partial charge in [0.2, 0.25) is 5.91 Å². The Morgan fingerprint density at radius 3 is 2.59 bits per heavy atom. The molecular weight excluding hydrogens is 488 g/mol. The Kier molecular flexibility index (Phi) is 7.02. The van der Waals surface area contributed by atoms with E-state index in [-0.39, 0.29) is 34.5 Å². The van der Waals surface area contributed by atoms with Gasteiger partial charge < -0.3 is 20.5 Å². The Bertz CT molecular complexity index is 1360. The van der Waals surface area contributed by atoms with Gasteiger partial charge in [0.15, 0.2) is 9.84 Å². The molecule has 37 heavy (non-hydrogen) atoms. The molecule has 2 aromatic rings. The van der Waals surface area contributed by atoms with E-state index in [9.17, 15) is 18.0 Å². The fourth-order valence-electron chi connectivity index (χ4n) is 5.92. The summed E-state index contributed by atoms with van der Waals surface area (Å²) in [6.45, 7) is 7.24. The molecule has 2 amide bonds. The highest BCUT2D eigenvalue weighted by molar-refractivity contribution is 7.91. The van der Waals surface area contributed by atoms with Crippen molar-refractivity contribution >= 4 is 39.0 Å². The van der Waals surface area contributed by atoms with Gasteiger partial charge in [0.1, 0.15) is 0 Å². The van der Waals surface area contributed by atoms with Gasteiger partial charge in [-0.05, 0) is 81.4 Å². The number of aromatic amines is 1. The lowest BCUT2D eigenvalue weighted by Crippen LogP contribution is -2.55. The number of benzene rings is 1. The van der Waals surface area contributed by atoms with E-state index in [1.165, 1.54) is 11.3 Å². The van der Waals surface area contributed by atoms with Crippen molar-refractivity contribution in [2.45, 2.75) is 76.3 Å². The minimum atomic E-state index is -3.40. The summed E-state index contributed by atoms with van der Waals surface area (Å²) in [5, 5.41) is 6.34. The van der Waals surface area contributed by atoms with Crippen LogP contribution in [-0.2, 0) is 38.7 Å². The monoisotopic (exact) mass is 524 g/mol. The second-order valence-corrected chi connectivity index (χ2v) is 12.9. The number of nitrogens with one attached hydrogen (secondary N) is 3. The summed E-state index contributed by atoms with van der Waals surface area (Å²) in [5.74, 6) is -0.0966. The average Bonchev–Trinajstić information content (AvgIpc) is 3.38. The molecule has 2 unspecified atom stereocenters. The third kappa shape index (κ3) is 5.11. The lowest BCUT2D eigenvalue weighted by Gasteiger charge is -2.36. The van der Waals surface area contributed by atoms with Crippen molar-refractivity contribution in [3.8, 4) is 0 Å². The van der Waals surface area contributed by atoms with Crippen LogP contribution in [-0.4, -0.2) is 61.0 Å². The van der Waals surface area contributed by atoms with Gasteiger partial charge in [-0.3, -0.25) is 9.59 Å². The summed E-state index contributed by atoms with van der Waals surface area (Å²) >= 11 is 0. The number of aryl methyl sites for hydroxylation is 1. The number of nitrogens with zero attached hydrogens (tertiary/aromatic N) is 1. The number of aromatic nitrogens is 1. The van der Waals surface area contributed by atoms with Crippen molar-refractivity contribution in [1.82, 2.24) is 15.2 Å². The lowest BCUT2D eigenvalue weighted by atomic mass is 9.92. The van der Waals surface area contributed by atoms with Crippen LogP contribution in [0.3, 0.4) is 0 Å². The summed E-state index contributed by atoms with van der Waals surface area (Å²) in [7, 11) is -3.40. The molecule has 0 bridgehead atoms. The first-order valence-corrected chi connectivity index (χ1v) is 15.0. The smallest absolute Gasteiger partial charge is 0.256 e. The van der Waals surface area contributed by atoms with Gasteiger partial charge in [-0.25, -0.2) is 8.42 Å². The van der Waals surface area contributed by atoms with Crippen molar-refractivity contribution in [2.24, 2.45) is 0 Å². The predicted molar refractivity (Wildman–Crippen MR) is 145 cm³/mol. The molecule has 9 heteroatoms. The van der Waals surface area contributed by atoms with E-state index in [1.807, 2.05) is 11.0 Å². The number of carbonyl (C=O) groups is 2. The van der Waals surface area contributed by atoms with E-state index < -0.39 is 9.84 Å². The molecule has 0 saturated carbocycles. The number of rotatable bonds is 6. The molecule has 3 heterocycles. The quantitative estimate of drug-likeness (QED) is 0.502. The number of sulfone groups is 1. The van der Waals surface area contributed by atoms with Crippen molar-refractivity contribution in [3.05, 3.63) is 46.3 Å². The SMILES string of the molecule is CCS(=O)(=O)c1ccc2c(c1)C(=Cc1[nH]c3c(c1CCC(=O)N1CC(C)NC(C)C1)CCCC3)C(=O)N2. The maximum atomic E-state index is 13.1. The van der Waals surface area contributed by atoms with Gasteiger partial charge in [-0.2, -0.15) is 0 Å². The van der Waals surface area contributed by atoms with Crippen LogP contribution in [0.5, 0.6) is 0 Å². The summed E-state index contributed by atoms with van der Waals surface area (Å²) in [6, 6.07) is 5.34. The number of H-pyrrole nitrogens is 1. The molecule has 8 nitrogen and oxygen atoms in total. The molecule has 1 aromatic carbocycles. The summed E-state index contributed by atoms with van der Waals surface area (Å²) in [6.07, 6.45) is 7.00. The van der Waals surface area contributed by atoms with E-state index in [4.69, 9.17) is 0 Å². The first kappa shape index (κ1) is 25.7. The van der Waals surface area contributed by atoms with Crippen LogP contribution in [0, 0.1) is 0 Å². The zero-order chi connectivity index (χ0) is 26.3. The fourth-order valence-corrected chi connectivity index (χ4v) is 6.83. The lowest BCUT2D eigenvalue weighted by molar-refractivity contribution is -0.132. The maximum absolute atomic E-state index is 13.1. The highest BCUT2D eigenvalue weighted by atomic mass is 32.2. The van der Waals surface area contributed by atoms with E-state index in [2.05, 4.69) is 29.5 Å². The topological polar surface area (TPSA) is 111 Å². The zero-order valence-corrected chi connectivity index (χ0v) is 22.6. The largest absolute Gasteiger partial charge is 0.358 e. The zero-order valence-electron chi connectivity index (χ0n) is 21.8. The van der Waals surface area contributed by atoms with Crippen LogP contribution in [0.4, 0.5) is 5.69 Å². The van der Waals surface area contributed by atoms with Gasteiger partial charge in [-0.15, -0.1) is 0 Å². The normalized spacial score (nSPS) is 22.6. The number of hydrogen-bond donors (Lipinski definition) is 3. The van der Waals surface area contributed by atoms with Crippen molar-refractivity contribution in [2.75, 3.05) is 24.2 Å². The Morgan fingerprint density at radius 1 is 1.14 bits per heavy atom. The third-order valence-corrected chi connectivity index (χ3v) is 9.48. The van der Waals surface area contributed by atoms with Gasteiger partial charge >= 0.3 is 0 Å². The molecule has 0 radical (unpaired) electrons. The van der Waals surface area contributed by atoms with Crippen LogP contribution in [0.15, 0.2) is 23.1 Å². The van der Waals surface area contributed by atoms with Crippen LogP contribution >= 0.6 is 0 Å². The van der Waals surface area contributed by atoms with Crippen LogP contribution in [0.2, 0.25) is 0 Å². The molecule has 5 rings (SSSR count). The van der Waals surface area contributed by atoms with E-state index in [0.717, 1.165) is 36.9 Å². The number of fused-ring (bicyclic) bond motifs is 2. The Morgan fingerprint density at radius 2 is 1.86 bits per heavy atom. The molecule has 0 spiro atoms. The number of hydrogen-bond acceptors (Lipinski definition) is 5. The molecule has 3 N–H and O–H groups in total. The average molecular weight is 525 g/mol. The van der Waals surface area contributed by atoms with Crippen molar-refractivity contribution < 1.29 is 18.0 Å². The summed E-state index contributed by atoms with van der Waals surface area (Å²) in [5.41, 5.74) is 6.06. The van der Waals surface area contributed by atoms with Gasteiger partial charge in [0.05, 0.1) is 16.2 Å². The highest BCUT2D eigenvalue weighted by Gasteiger charge is 2.29. The first-order valence-electron chi connectivity index (χ1n) is 13.3.